The molecular formula is C12H22N2O3S. The highest BCUT2D eigenvalue weighted by atomic mass is 32.2. The minimum Gasteiger partial charge on any atom is -0.335 e. The van der Waals surface area contributed by atoms with Crippen molar-refractivity contribution in [2.75, 3.05) is 11.5 Å². The van der Waals surface area contributed by atoms with Gasteiger partial charge in [-0.25, -0.2) is 13.2 Å². The minimum absolute atomic E-state index is 0.0884. The maximum Gasteiger partial charge on any atom is 0.315 e. The molecule has 2 amide bonds. The van der Waals surface area contributed by atoms with Crippen LogP contribution >= 0.6 is 0 Å². The first-order valence-electron chi connectivity index (χ1n) is 6.83. The fraction of sp³-hybridized carbons (Fsp3) is 0.917. The Kier molecular flexibility index (Phi) is 4.48. The summed E-state index contributed by atoms with van der Waals surface area (Å²) < 4.78 is 22.6. The molecule has 0 aromatic rings. The number of hydrogen-bond donors (Lipinski definition) is 2. The topological polar surface area (TPSA) is 75.3 Å². The molecule has 6 heteroatoms. The Morgan fingerprint density at radius 1 is 0.889 bits per heavy atom. The molecule has 0 bridgehead atoms. The summed E-state index contributed by atoms with van der Waals surface area (Å²) in [4.78, 5) is 11.8. The Balaban J connectivity index is 1.75. The highest BCUT2D eigenvalue weighted by molar-refractivity contribution is 7.91. The molecule has 0 aromatic heterocycles. The summed E-state index contributed by atoms with van der Waals surface area (Å²) in [5, 5.41) is 5.74. The van der Waals surface area contributed by atoms with Gasteiger partial charge in [0.05, 0.1) is 11.5 Å². The fourth-order valence-corrected chi connectivity index (χ4v) is 4.42. The number of hydrogen-bond acceptors (Lipinski definition) is 3. The molecule has 0 unspecified atom stereocenters. The van der Waals surface area contributed by atoms with Gasteiger partial charge in [-0.1, -0.05) is 25.7 Å². The van der Waals surface area contributed by atoms with Crippen molar-refractivity contribution in [1.82, 2.24) is 10.6 Å². The molecular weight excluding hydrogens is 252 g/mol. The Bertz CT molecular complexity index is 386. The van der Waals surface area contributed by atoms with Gasteiger partial charge in [-0.2, -0.15) is 0 Å². The molecule has 2 N–H and O–H groups in total. The van der Waals surface area contributed by atoms with E-state index < -0.39 is 9.84 Å². The quantitative estimate of drug-likeness (QED) is 0.743. The van der Waals surface area contributed by atoms with Crippen LogP contribution in [0.15, 0.2) is 0 Å². The SMILES string of the molecule is O=C(NC1CCCCCC1)N[C@H]1CCS(=O)(=O)C1. The van der Waals surface area contributed by atoms with Crippen LogP contribution in [0.2, 0.25) is 0 Å². The second-order valence-corrected chi connectivity index (χ2v) is 7.63. The summed E-state index contributed by atoms with van der Waals surface area (Å²) in [6.07, 6.45) is 7.46. The van der Waals surface area contributed by atoms with Crippen LogP contribution in [0.3, 0.4) is 0 Å². The van der Waals surface area contributed by atoms with Crippen molar-refractivity contribution in [3.63, 3.8) is 0 Å². The zero-order chi connectivity index (χ0) is 13.0. The van der Waals surface area contributed by atoms with Gasteiger partial charge in [0.25, 0.3) is 0 Å². The van der Waals surface area contributed by atoms with Gasteiger partial charge in [-0.15, -0.1) is 0 Å². The van der Waals surface area contributed by atoms with Crippen LogP contribution in [-0.2, 0) is 9.84 Å². The number of carbonyl (C=O) groups is 1. The molecule has 0 spiro atoms. The molecule has 1 saturated heterocycles. The molecule has 2 aliphatic rings. The van der Waals surface area contributed by atoms with E-state index in [1.54, 1.807) is 0 Å². The predicted molar refractivity (Wildman–Crippen MR) is 70.2 cm³/mol. The van der Waals surface area contributed by atoms with E-state index in [9.17, 15) is 13.2 Å². The Morgan fingerprint density at radius 2 is 1.50 bits per heavy atom. The molecule has 1 saturated carbocycles. The summed E-state index contributed by atoms with van der Waals surface area (Å²) in [6, 6.07) is -0.157. The van der Waals surface area contributed by atoms with Crippen LogP contribution in [0.5, 0.6) is 0 Å². The smallest absolute Gasteiger partial charge is 0.315 e. The van der Waals surface area contributed by atoms with Gasteiger partial charge in [-0.05, 0) is 19.3 Å². The Hall–Kier alpha value is -0.780. The fourth-order valence-electron chi connectivity index (χ4n) is 2.75. The second-order valence-electron chi connectivity index (χ2n) is 5.41. The second kappa shape index (κ2) is 5.91. The lowest BCUT2D eigenvalue weighted by Gasteiger charge is -2.18. The number of rotatable bonds is 2. The lowest BCUT2D eigenvalue weighted by atomic mass is 10.1. The maximum absolute atomic E-state index is 11.8. The zero-order valence-electron chi connectivity index (χ0n) is 10.7. The summed E-state index contributed by atoms with van der Waals surface area (Å²) in [6.45, 7) is 0. The van der Waals surface area contributed by atoms with Gasteiger partial charge >= 0.3 is 6.03 Å². The van der Waals surface area contributed by atoms with E-state index in [0.29, 0.717) is 6.42 Å². The van der Waals surface area contributed by atoms with Gasteiger partial charge in [0, 0.05) is 12.1 Å². The van der Waals surface area contributed by atoms with Crippen LogP contribution in [0.4, 0.5) is 4.79 Å². The summed E-state index contributed by atoms with van der Waals surface area (Å²) in [7, 11) is -2.92. The first kappa shape index (κ1) is 13.6. The van der Waals surface area contributed by atoms with Crippen LogP contribution in [0.1, 0.15) is 44.9 Å². The summed E-state index contributed by atoms with van der Waals surface area (Å²) in [5.74, 6) is 0.284. The van der Waals surface area contributed by atoms with Crippen molar-refractivity contribution in [2.45, 2.75) is 57.0 Å². The van der Waals surface area contributed by atoms with E-state index in [1.165, 1.54) is 25.7 Å². The molecule has 5 nitrogen and oxygen atoms in total. The monoisotopic (exact) mass is 274 g/mol. The molecule has 1 heterocycles. The van der Waals surface area contributed by atoms with Crippen molar-refractivity contribution in [2.24, 2.45) is 0 Å². The standard InChI is InChI=1S/C12H22N2O3S/c15-12(13-10-5-3-1-2-4-6-10)14-11-7-8-18(16,17)9-11/h10-11H,1-9H2,(H2,13,14,15)/t11-/m0/s1. The van der Waals surface area contributed by atoms with Gasteiger partial charge < -0.3 is 10.6 Å². The zero-order valence-corrected chi connectivity index (χ0v) is 11.5. The van der Waals surface area contributed by atoms with Gasteiger partial charge in [0.1, 0.15) is 0 Å². The molecule has 1 aliphatic carbocycles. The van der Waals surface area contributed by atoms with E-state index in [4.69, 9.17) is 0 Å². The van der Waals surface area contributed by atoms with E-state index in [1.807, 2.05) is 0 Å². The molecule has 2 fully saturated rings. The van der Waals surface area contributed by atoms with Crippen molar-refractivity contribution in [3.8, 4) is 0 Å². The van der Waals surface area contributed by atoms with Gasteiger partial charge in [-0.3, -0.25) is 0 Å². The molecule has 2 rings (SSSR count). The normalized spacial score (nSPS) is 28.6. The molecule has 1 aliphatic heterocycles. The largest absolute Gasteiger partial charge is 0.335 e. The Labute approximate surface area is 109 Å². The molecule has 1 atom stereocenters. The van der Waals surface area contributed by atoms with Crippen molar-refractivity contribution in [1.29, 1.82) is 0 Å². The third kappa shape index (κ3) is 4.15. The number of nitrogens with one attached hydrogen (secondary N) is 2. The highest BCUT2D eigenvalue weighted by Gasteiger charge is 2.29. The molecule has 0 radical (unpaired) electrons. The van der Waals surface area contributed by atoms with Crippen LogP contribution in [0, 0.1) is 0 Å². The number of sulfone groups is 1. The van der Waals surface area contributed by atoms with Crippen molar-refractivity contribution < 1.29 is 13.2 Å². The molecule has 18 heavy (non-hydrogen) atoms. The number of urea groups is 1. The maximum atomic E-state index is 11.8. The lowest BCUT2D eigenvalue weighted by Crippen LogP contribution is -2.46. The van der Waals surface area contributed by atoms with Crippen LogP contribution in [-0.4, -0.2) is 38.0 Å². The summed E-state index contributed by atoms with van der Waals surface area (Å²) >= 11 is 0. The first-order valence-corrected chi connectivity index (χ1v) is 8.65. The van der Waals surface area contributed by atoms with Crippen LogP contribution < -0.4 is 10.6 Å². The lowest BCUT2D eigenvalue weighted by molar-refractivity contribution is 0.232. The minimum atomic E-state index is -2.92. The number of amides is 2. The third-order valence-corrected chi connectivity index (χ3v) is 5.53. The first-order chi connectivity index (χ1) is 8.55. The summed E-state index contributed by atoms with van der Waals surface area (Å²) in [5.41, 5.74) is 0. The van der Waals surface area contributed by atoms with E-state index in [0.717, 1.165) is 12.8 Å². The van der Waals surface area contributed by atoms with E-state index in [-0.39, 0.29) is 29.6 Å². The van der Waals surface area contributed by atoms with E-state index >= 15 is 0 Å². The highest BCUT2D eigenvalue weighted by Crippen LogP contribution is 2.17. The molecule has 0 aromatic carbocycles. The Morgan fingerprint density at radius 3 is 2.06 bits per heavy atom. The average Bonchev–Trinajstić information content (AvgIpc) is 2.52. The van der Waals surface area contributed by atoms with Crippen LogP contribution in [0.25, 0.3) is 0 Å². The van der Waals surface area contributed by atoms with Crippen molar-refractivity contribution >= 4 is 15.9 Å². The van der Waals surface area contributed by atoms with Gasteiger partial charge in [0.15, 0.2) is 9.84 Å². The van der Waals surface area contributed by atoms with E-state index in [2.05, 4.69) is 10.6 Å². The van der Waals surface area contributed by atoms with Gasteiger partial charge in [0.2, 0.25) is 0 Å². The third-order valence-electron chi connectivity index (χ3n) is 3.76. The van der Waals surface area contributed by atoms with Crippen molar-refractivity contribution in [3.05, 3.63) is 0 Å². The number of carbonyl (C=O) groups excluding carboxylic acids is 1. The average molecular weight is 274 g/mol. The predicted octanol–water partition coefficient (Wildman–Crippen LogP) is 1.20. The molecule has 104 valence electrons.